The topological polar surface area (TPSA) is 81.4 Å². The van der Waals surface area contributed by atoms with Gasteiger partial charge in [-0.15, -0.1) is 0 Å². The molecule has 1 amide bonds. The number of amides is 1. The fourth-order valence-corrected chi connectivity index (χ4v) is 2.81. The van der Waals surface area contributed by atoms with Gasteiger partial charge >= 0.3 is 5.97 Å². The van der Waals surface area contributed by atoms with E-state index in [-0.39, 0.29) is 12.5 Å². The van der Waals surface area contributed by atoms with Gasteiger partial charge < -0.3 is 14.5 Å². The molecule has 1 aromatic carbocycles. The molecule has 3 rings (SSSR count). The summed E-state index contributed by atoms with van der Waals surface area (Å²) < 4.78 is 10.2. The van der Waals surface area contributed by atoms with Gasteiger partial charge in [0.2, 0.25) is 0 Å². The molecule has 0 spiro atoms. The van der Waals surface area contributed by atoms with Crippen molar-refractivity contribution in [3.8, 4) is 0 Å². The van der Waals surface area contributed by atoms with E-state index in [2.05, 4.69) is 10.3 Å². The summed E-state index contributed by atoms with van der Waals surface area (Å²) in [4.78, 5) is 28.7. The van der Waals surface area contributed by atoms with Crippen LogP contribution < -0.4 is 5.32 Å². The summed E-state index contributed by atoms with van der Waals surface area (Å²) >= 11 is 0. The maximum atomic E-state index is 12.5. The second-order valence-corrected chi connectivity index (χ2v) is 6.17. The summed E-state index contributed by atoms with van der Waals surface area (Å²) in [5.74, 6) is 0.234. The lowest BCUT2D eigenvalue weighted by atomic mass is 10.1. The van der Waals surface area contributed by atoms with E-state index >= 15 is 0 Å². The van der Waals surface area contributed by atoms with Crippen LogP contribution >= 0.6 is 0 Å². The average Bonchev–Trinajstić information content (AvgIpc) is 2.99. The van der Waals surface area contributed by atoms with Crippen molar-refractivity contribution in [3.05, 3.63) is 64.2 Å². The second kappa shape index (κ2) is 7.00. The van der Waals surface area contributed by atoms with Crippen molar-refractivity contribution in [1.29, 1.82) is 0 Å². The van der Waals surface area contributed by atoms with E-state index in [1.807, 2.05) is 38.1 Å². The molecular formula is C20H20N2O4. The highest BCUT2D eigenvalue weighted by atomic mass is 16.5. The van der Waals surface area contributed by atoms with Crippen molar-refractivity contribution in [2.45, 2.75) is 27.3 Å². The number of nitrogens with zero attached hydrogens (tertiary/aromatic N) is 1. The summed E-state index contributed by atoms with van der Waals surface area (Å²) in [5.41, 5.74) is 3.51. The number of aryl methyl sites for hydroxylation is 3. The van der Waals surface area contributed by atoms with Gasteiger partial charge in [-0.2, -0.15) is 0 Å². The molecule has 1 N–H and O–H groups in total. The standard InChI is InChI=1S/C20H20N2O4/c1-11-5-6-14-8-16(12(2)22-18(14)7-11)19(23)21-10-15-9-17(13(3)26-15)20(24)25-4/h5-9H,10H2,1-4H3,(H,21,23). The Kier molecular flexibility index (Phi) is 4.75. The Morgan fingerprint density at radius 2 is 1.88 bits per heavy atom. The molecule has 0 radical (unpaired) electrons. The summed E-state index contributed by atoms with van der Waals surface area (Å²) in [6.07, 6.45) is 0. The molecule has 134 valence electrons. The predicted octanol–water partition coefficient (Wildman–Crippen LogP) is 3.47. The number of carbonyl (C=O) groups is 2. The number of methoxy groups -OCH3 is 1. The van der Waals surface area contributed by atoms with Gasteiger partial charge in [-0.25, -0.2) is 4.79 Å². The van der Waals surface area contributed by atoms with E-state index in [1.54, 1.807) is 13.0 Å². The molecule has 0 saturated carbocycles. The SMILES string of the molecule is COC(=O)c1cc(CNC(=O)c2cc3ccc(C)cc3nc2C)oc1C. The van der Waals surface area contributed by atoms with Gasteiger partial charge in [0, 0.05) is 5.39 Å². The van der Waals surface area contributed by atoms with E-state index in [0.29, 0.717) is 28.3 Å². The first-order valence-corrected chi connectivity index (χ1v) is 8.23. The molecule has 0 fully saturated rings. The highest BCUT2D eigenvalue weighted by molar-refractivity contribution is 5.98. The van der Waals surface area contributed by atoms with Gasteiger partial charge in [-0.05, 0) is 44.5 Å². The third-order valence-corrected chi connectivity index (χ3v) is 4.21. The lowest BCUT2D eigenvalue weighted by Crippen LogP contribution is -2.23. The van der Waals surface area contributed by atoms with Gasteiger partial charge in [0.25, 0.3) is 5.91 Å². The van der Waals surface area contributed by atoms with Gasteiger partial charge in [0.15, 0.2) is 0 Å². The fraction of sp³-hybridized carbons (Fsp3) is 0.250. The smallest absolute Gasteiger partial charge is 0.341 e. The number of furan rings is 1. The van der Waals surface area contributed by atoms with Crippen LogP contribution in [-0.2, 0) is 11.3 Å². The number of hydrogen-bond acceptors (Lipinski definition) is 5. The van der Waals surface area contributed by atoms with Crippen LogP contribution in [-0.4, -0.2) is 24.0 Å². The first-order valence-electron chi connectivity index (χ1n) is 8.23. The molecule has 0 aliphatic rings. The average molecular weight is 352 g/mol. The summed E-state index contributed by atoms with van der Waals surface area (Å²) in [5, 5.41) is 3.72. The molecule has 0 aliphatic carbocycles. The summed E-state index contributed by atoms with van der Waals surface area (Å²) in [6, 6.07) is 9.34. The van der Waals surface area contributed by atoms with Crippen LogP contribution in [0.1, 0.15) is 43.5 Å². The number of aromatic nitrogens is 1. The first-order chi connectivity index (χ1) is 12.4. The zero-order valence-electron chi connectivity index (χ0n) is 15.2. The Labute approximate surface area is 151 Å². The van der Waals surface area contributed by atoms with E-state index in [4.69, 9.17) is 9.15 Å². The van der Waals surface area contributed by atoms with E-state index in [0.717, 1.165) is 16.5 Å². The maximum absolute atomic E-state index is 12.5. The van der Waals surface area contributed by atoms with E-state index < -0.39 is 5.97 Å². The molecule has 0 bridgehead atoms. The highest BCUT2D eigenvalue weighted by Crippen LogP contribution is 2.19. The Hall–Kier alpha value is -3.15. The minimum absolute atomic E-state index is 0.169. The van der Waals surface area contributed by atoms with Crippen molar-refractivity contribution in [2.24, 2.45) is 0 Å². The lowest BCUT2D eigenvalue weighted by Gasteiger charge is -2.08. The Balaban J connectivity index is 1.78. The van der Waals surface area contributed by atoms with Gasteiger partial charge in [-0.1, -0.05) is 12.1 Å². The fourth-order valence-electron chi connectivity index (χ4n) is 2.81. The monoisotopic (exact) mass is 352 g/mol. The Bertz CT molecular complexity index is 1000. The highest BCUT2D eigenvalue weighted by Gasteiger charge is 2.17. The number of rotatable bonds is 4. The van der Waals surface area contributed by atoms with E-state index in [1.165, 1.54) is 7.11 Å². The molecular weight excluding hydrogens is 332 g/mol. The zero-order chi connectivity index (χ0) is 18.8. The Morgan fingerprint density at radius 3 is 2.62 bits per heavy atom. The molecule has 6 heteroatoms. The molecule has 2 heterocycles. The molecule has 0 saturated heterocycles. The van der Waals surface area contributed by atoms with Crippen LogP contribution in [0.3, 0.4) is 0 Å². The number of fused-ring (bicyclic) bond motifs is 1. The maximum Gasteiger partial charge on any atom is 0.341 e. The molecule has 0 atom stereocenters. The molecule has 26 heavy (non-hydrogen) atoms. The minimum atomic E-state index is -0.464. The number of carbonyl (C=O) groups excluding carboxylic acids is 2. The molecule has 6 nitrogen and oxygen atoms in total. The van der Waals surface area contributed by atoms with Crippen LogP contribution in [0.5, 0.6) is 0 Å². The van der Waals surface area contributed by atoms with Crippen molar-refractivity contribution in [2.75, 3.05) is 7.11 Å². The van der Waals surface area contributed by atoms with Crippen LogP contribution in [0.25, 0.3) is 10.9 Å². The first kappa shape index (κ1) is 17.7. The van der Waals surface area contributed by atoms with Crippen LogP contribution in [0.4, 0.5) is 0 Å². The van der Waals surface area contributed by atoms with Gasteiger partial charge in [0.1, 0.15) is 17.1 Å². The largest absolute Gasteiger partial charge is 0.465 e. The van der Waals surface area contributed by atoms with Crippen LogP contribution in [0.15, 0.2) is 34.7 Å². The number of hydrogen-bond donors (Lipinski definition) is 1. The zero-order valence-corrected chi connectivity index (χ0v) is 15.2. The number of pyridine rings is 1. The molecule has 2 aromatic heterocycles. The third kappa shape index (κ3) is 3.44. The normalized spacial score (nSPS) is 10.8. The summed E-state index contributed by atoms with van der Waals surface area (Å²) in [7, 11) is 1.31. The predicted molar refractivity (Wildman–Crippen MR) is 97.2 cm³/mol. The van der Waals surface area contributed by atoms with Crippen molar-refractivity contribution < 1.29 is 18.7 Å². The number of ether oxygens (including phenoxy) is 1. The Morgan fingerprint density at radius 1 is 1.12 bits per heavy atom. The minimum Gasteiger partial charge on any atom is -0.465 e. The second-order valence-electron chi connectivity index (χ2n) is 6.17. The van der Waals surface area contributed by atoms with Gasteiger partial charge in [-0.3, -0.25) is 9.78 Å². The number of nitrogens with one attached hydrogen (secondary N) is 1. The molecule has 0 aliphatic heterocycles. The lowest BCUT2D eigenvalue weighted by molar-refractivity contribution is 0.0598. The van der Waals surface area contributed by atoms with Gasteiger partial charge in [0.05, 0.1) is 30.4 Å². The quantitative estimate of drug-likeness (QED) is 0.727. The number of benzene rings is 1. The van der Waals surface area contributed by atoms with Crippen LogP contribution in [0.2, 0.25) is 0 Å². The van der Waals surface area contributed by atoms with Crippen LogP contribution in [0, 0.1) is 20.8 Å². The van der Waals surface area contributed by atoms with Crippen molar-refractivity contribution in [3.63, 3.8) is 0 Å². The van der Waals surface area contributed by atoms with Crippen molar-refractivity contribution >= 4 is 22.8 Å². The summed E-state index contributed by atoms with van der Waals surface area (Å²) in [6.45, 7) is 5.66. The third-order valence-electron chi connectivity index (χ3n) is 4.21. The van der Waals surface area contributed by atoms with E-state index in [9.17, 15) is 9.59 Å². The molecule has 0 unspecified atom stereocenters. The molecule has 3 aromatic rings. The van der Waals surface area contributed by atoms with Crippen molar-refractivity contribution in [1.82, 2.24) is 10.3 Å². The number of esters is 1.